The minimum atomic E-state index is -0.393. The Balaban J connectivity index is 1.78. The Bertz CT molecular complexity index is 887. The number of nitro benzene ring substituents is 1. The van der Waals surface area contributed by atoms with E-state index in [2.05, 4.69) is 6.58 Å². The Hall–Kier alpha value is -3.35. The van der Waals surface area contributed by atoms with E-state index in [0.29, 0.717) is 49.7 Å². The highest BCUT2D eigenvalue weighted by Gasteiger charge is 2.29. The summed E-state index contributed by atoms with van der Waals surface area (Å²) in [5.41, 5.74) is 1.50. The van der Waals surface area contributed by atoms with Crippen LogP contribution in [0.4, 0.5) is 11.4 Å². The van der Waals surface area contributed by atoms with Crippen LogP contribution in [0.5, 0.6) is 11.5 Å². The van der Waals surface area contributed by atoms with Gasteiger partial charge in [-0.2, -0.15) is 0 Å². The standard InChI is InChI=1S/C22H24N2O5/c1-3-16-5-7-18(8-6-16)29-19-9-10-20(24(26)27)21(15-19)23-13-11-17(12-14-23)22(25)28-4-2/h3,5-10,15,17H,1,4,11-14H2,2H3. The molecule has 0 spiro atoms. The molecule has 1 aliphatic rings. The van der Waals surface area contributed by atoms with Gasteiger partial charge in [-0.15, -0.1) is 0 Å². The Morgan fingerprint density at radius 1 is 1.21 bits per heavy atom. The lowest BCUT2D eigenvalue weighted by Crippen LogP contribution is -2.37. The van der Waals surface area contributed by atoms with Crippen LogP contribution in [-0.2, 0) is 9.53 Å². The number of carbonyl (C=O) groups excluding carboxylic acids is 1. The quantitative estimate of drug-likeness (QED) is 0.379. The highest BCUT2D eigenvalue weighted by Crippen LogP contribution is 2.36. The van der Waals surface area contributed by atoms with E-state index in [1.165, 1.54) is 6.07 Å². The first kappa shape index (κ1) is 20.4. The molecule has 3 rings (SSSR count). The molecule has 1 heterocycles. The molecule has 0 aliphatic carbocycles. The monoisotopic (exact) mass is 396 g/mol. The van der Waals surface area contributed by atoms with Crippen molar-refractivity contribution in [3.63, 3.8) is 0 Å². The zero-order chi connectivity index (χ0) is 20.8. The van der Waals surface area contributed by atoms with Crippen molar-refractivity contribution in [3.05, 3.63) is 64.7 Å². The lowest BCUT2D eigenvalue weighted by molar-refractivity contribution is -0.384. The van der Waals surface area contributed by atoms with Gasteiger partial charge in [0.2, 0.25) is 0 Å². The minimum absolute atomic E-state index is 0.0222. The first-order valence-corrected chi connectivity index (χ1v) is 9.62. The van der Waals surface area contributed by atoms with E-state index in [9.17, 15) is 14.9 Å². The van der Waals surface area contributed by atoms with Gasteiger partial charge in [-0.3, -0.25) is 14.9 Å². The molecule has 1 fully saturated rings. The van der Waals surface area contributed by atoms with Crippen LogP contribution in [0.15, 0.2) is 49.0 Å². The van der Waals surface area contributed by atoms with E-state index in [-0.39, 0.29) is 17.6 Å². The summed E-state index contributed by atoms with van der Waals surface area (Å²) in [7, 11) is 0. The number of rotatable bonds is 7. The predicted octanol–water partition coefficient (Wildman–Crippen LogP) is 4.81. The van der Waals surface area contributed by atoms with Gasteiger partial charge in [0.25, 0.3) is 5.69 Å². The van der Waals surface area contributed by atoms with E-state index in [0.717, 1.165) is 5.56 Å². The van der Waals surface area contributed by atoms with Crippen LogP contribution >= 0.6 is 0 Å². The van der Waals surface area contributed by atoms with Crippen LogP contribution in [0.1, 0.15) is 25.3 Å². The third-order valence-electron chi connectivity index (χ3n) is 4.95. The van der Waals surface area contributed by atoms with Crippen LogP contribution in [0, 0.1) is 16.0 Å². The molecule has 0 atom stereocenters. The molecular weight excluding hydrogens is 372 g/mol. The molecule has 0 saturated carbocycles. The van der Waals surface area contributed by atoms with Crippen LogP contribution < -0.4 is 9.64 Å². The van der Waals surface area contributed by atoms with Crippen molar-refractivity contribution in [2.75, 3.05) is 24.6 Å². The van der Waals surface area contributed by atoms with Gasteiger partial charge in [0, 0.05) is 25.2 Å². The number of piperidine rings is 1. The Kier molecular flexibility index (Phi) is 6.49. The van der Waals surface area contributed by atoms with Crippen LogP contribution in [-0.4, -0.2) is 30.6 Å². The zero-order valence-corrected chi connectivity index (χ0v) is 16.4. The smallest absolute Gasteiger partial charge is 0.309 e. The summed E-state index contributed by atoms with van der Waals surface area (Å²) in [6, 6.07) is 12.1. The SMILES string of the molecule is C=Cc1ccc(Oc2ccc([N+](=O)[O-])c(N3CCC(C(=O)OCC)CC3)c2)cc1. The van der Waals surface area contributed by atoms with Crippen molar-refractivity contribution in [2.45, 2.75) is 19.8 Å². The number of nitro groups is 1. The third kappa shape index (κ3) is 4.93. The topological polar surface area (TPSA) is 81.9 Å². The highest BCUT2D eigenvalue weighted by molar-refractivity contribution is 5.73. The molecule has 152 valence electrons. The molecule has 0 bridgehead atoms. The van der Waals surface area contributed by atoms with E-state index in [1.54, 1.807) is 25.1 Å². The maximum Gasteiger partial charge on any atom is 0.309 e. The summed E-state index contributed by atoms with van der Waals surface area (Å²) in [6.07, 6.45) is 2.95. The average Bonchev–Trinajstić information content (AvgIpc) is 2.74. The predicted molar refractivity (Wildman–Crippen MR) is 111 cm³/mol. The summed E-state index contributed by atoms with van der Waals surface area (Å²) >= 11 is 0. The number of esters is 1. The molecule has 0 amide bonds. The lowest BCUT2D eigenvalue weighted by atomic mass is 9.96. The molecule has 0 N–H and O–H groups in total. The van der Waals surface area contributed by atoms with Gasteiger partial charge in [0.05, 0.1) is 17.4 Å². The summed E-state index contributed by atoms with van der Waals surface area (Å²) in [6.45, 7) is 6.95. The fourth-order valence-electron chi connectivity index (χ4n) is 3.40. The van der Waals surface area contributed by atoms with E-state index < -0.39 is 4.92 Å². The molecule has 1 saturated heterocycles. The summed E-state index contributed by atoms with van der Waals surface area (Å²) < 4.78 is 11.0. The maximum absolute atomic E-state index is 11.9. The lowest BCUT2D eigenvalue weighted by Gasteiger charge is -2.32. The highest BCUT2D eigenvalue weighted by atomic mass is 16.6. The van der Waals surface area contributed by atoms with Crippen LogP contribution in [0.25, 0.3) is 6.08 Å². The van der Waals surface area contributed by atoms with Crippen molar-refractivity contribution in [2.24, 2.45) is 5.92 Å². The first-order chi connectivity index (χ1) is 14.0. The second-order valence-electron chi connectivity index (χ2n) is 6.80. The number of hydrogen-bond acceptors (Lipinski definition) is 6. The molecule has 1 aliphatic heterocycles. The molecule has 2 aromatic carbocycles. The largest absolute Gasteiger partial charge is 0.466 e. The molecule has 7 nitrogen and oxygen atoms in total. The zero-order valence-electron chi connectivity index (χ0n) is 16.4. The normalized spacial score (nSPS) is 14.3. The number of benzene rings is 2. The summed E-state index contributed by atoms with van der Waals surface area (Å²) in [4.78, 5) is 25.0. The number of carbonyl (C=O) groups is 1. The maximum atomic E-state index is 11.9. The van der Waals surface area contributed by atoms with Gasteiger partial charge in [0.1, 0.15) is 17.2 Å². The molecule has 0 radical (unpaired) electrons. The summed E-state index contributed by atoms with van der Waals surface area (Å²) in [5.74, 6) is 0.802. The fraction of sp³-hybridized carbons (Fsp3) is 0.318. The first-order valence-electron chi connectivity index (χ1n) is 9.62. The van der Waals surface area contributed by atoms with Crippen molar-refractivity contribution in [1.82, 2.24) is 0 Å². The van der Waals surface area contributed by atoms with Gasteiger partial charge in [-0.05, 0) is 43.5 Å². The van der Waals surface area contributed by atoms with Crippen molar-refractivity contribution in [3.8, 4) is 11.5 Å². The Labute approximate surface area is 169 Å². The van der Waals surface area contributed by atoms with Gasteiger partial charge >= 0.3 is 5.97 Å². The van der Waals surface area contributed by atoms with Crippen molar-refractivity contribution in [1.29, 1.82) is 0 Å². The molecule has 7 heteroatoms. The van der Waals surface area contributed by atoms with E-state index in [4.69, 9.17) is 9.47 Å². The Morgan fingerprint density at radius 2 is 1.86 bits per heavy atom. The molecule has 0 unspecified atom stereocenters. The number of anilines is 1. The second kappa shape index (κ2) is 9.23. The van der Waals surface area contributed by atoms with Gasteiger partial charge < -0.3 is 14.4 Å². The van der Waals surface area contributed by atoms with Crippen LogP contribution in [0.3, 0.4) is 0 Å². The van der Waals surface area contributed by atoms with Crippen molar-refractivity contribution < 1.29 is 19.2 Å². The number of hydrogen-bond donors (Lipinski definition) is 0. The van der Waals surface area contributed by atoms with Gasteiger partial charge in [-0.1, -0.05) is 24.8 Å². The minimum Gasteiger partial charge on any atom is -0.466 e. The van der Waals surface area contributed by atoms with Gasteiger partial charge in [-0.25, -0.2) is 0 Å². The Morgan fingerprint density at radius 3 is 2.45 bits per heavy atom. The van der Waals surface area contributed by atoms with E-state index >= 15 is 0 Å². The summed E-state index contributed by atoms with van der Waals surface area (Å²) in [5, 5.41) is 11.5. The third-order valence-corrected chi connectivity index (χ3v) is 4.95. The van der Waals surface area contributed by atoms with Crippen LogP contribution in [0.2, 0.25) is 0 Å². The number of nitrogens with zero attached hydrogens (tertiary/aromatic N) is 2. The fourth-order valence-corrected chi connectivity index (χ4v) is 3.40. The molecule has 29 heavy (non-hydrogen) atoms. The van der Waals surface area contributed by atoms with Crippen molar-refractivity contribution >= 4 is 23.4 Å². The average molecular weight is 396 g/mol. The molecule has 0 aromatic heterocycles. The molecular formula is C22H24N2O5. The molecule has 2 aromatic rings. The number of ether oxygens (including phenoxy) is 2. The van der Waals surface area contributed by atoms with Gasteiger partial charge in [0.15, 0.2) is 0 Å². The van der Waals surface area contributed by atoms with E-state index in [1.807, 2.05) is 29.2 Å². The second-order valence-corrected chi connectivity index (χ2v) is 6.80.